The van der Waals surface area contributed by atoms with Gasteiger partial charge in [0, 0.05) is 0 Å². The molecule has 0 aliphatic heterocycles. The van der Waals surface area contributed by atoms with Crippen LogP contribution in [0.2, 0.25) is 0 Å². The highest BCUT2D eigenvalue weighted by atomic mass is 19.2. The summed E-state index contributed by atoms with van der Waals surface area (Å²) in [7, 11) is 0. The van der Waals surface area contributed by atoms with Gasteiger partial charge >= 0.3 is 5.97 Å². The SMILES string of the molecule is CCOC(=O)C(C#N)c1nc(-c2nc3c(F)c(F)c(F)c(F)c3o2)nc(-c2nc3c(F)c(F)c(F)c(F)c3o2)n1. The molecule has 10 nitrogen and oxygen atoms in total. The number of aromatic nitrogens is 5. The van der Waals surface area contributed by atoms with E-state index in [4.69, 9.17) is 13.6 Å². The molecule has 0 aliphatic carbocycles. The zero-order chi connectivity index (χ0) is 29.0. The number of oxazole rings is 2. The van der Waals surface area contributed by atoms with Crippen LogP contribution in [0.3, 0.4) is 0 Å². The van der Waals surface area contributed by atoms with Crippen LogP contribution in [0.5, 0.6) is 0 Å². The number of carbonyl (C=O) groups excluding carboxylic acids is 1. The van der Waals surface area contributed by atoms with E-state index in [1.54, 1.807) is 0 Å². The first-order valence-electron chi connectivity index (χ1n) is 10.6. The fraction of sp³-hybridized carbons (Fsp3) is 0.136. The van der Waals surface area contributed by atoms with E-state index < -0.39 is 110 Å². The summed E-state index contributed by atoms with van der Waals surface area (Å²) in [4.78, 5) is 30.5. The van der Waals surface area contributed by atoms with Gasteiger partial charge in [-0.1, -0.05) is 0 Å². The van der Waals surface area contributed by atoms with Crippen LogP contribution in [0.15, 0.2) is 8.83 Å². The Kier molecular flexibility index (Phi) is 6.28. The molecule has 2 aromatic carbocycles. The number of benzene rings is 2. The number of halogens is 8. The van der Waals surface area contributed by atoms with Crippen molar-refractivity contribution in [2.75, 3.05) is 6.61 Å². The topological polar surface area (TPSA) is 141 Å². The van der Waals surface area contributed by atoms with E-state index in [1.807, 2.05) is 0 Å². The normalized spacial score (nSPS) is 12.2. The smallest absolute Gasteiger partial charge is 0.331 e. The average Bonchev–Trinajstić information content (AvgIpc) is 3.59. The molecule has 0 saturated carbocycles. The van der Waals surface area contributed by atoms with Gasteiger partial charge in [0.2, 0.25) is 40.8 Å². The quantitative estimate of drug-likeness (QED) is 0.126. The van der Waals surface area contributed by atoms with Gasteiger partial charge in [0.05, 0.1) is 12.7 Å². The molecular formula is C22H6F8N6O4. The summed E-state index contributed by atoms with van der Waals surface area (Å²) in [5, 5.41) is 9.50. The maximum atomic E-state index is 14.2. The lowest BCUT2D eigenvalue weighted by Gasteiger charge is -2.08. The number of fused-ring (bicyclic) bond motifs is 2. The maximum absolute atomic E-state index is 14.2. The number of carbonyl (C=O) groups is 1. The molecule has 0 fully saturated rings. The summed E-state index contributed by atoms with van der Waals surface area (Å²) < 4.78 is 126. The fourth-order valence-electron chi connectivity index (χ4n) is 3.37. The van der Waals surface area contributed by atoms with E-state index in [0.29, 0.717) is 0 Å². The third-order valence-electron chi connectivity index (χ3n) is 5.17. The van der Waals surface area contributed by atoms with Gasteiger partial charge in [0.25, 0.3) is 11.8 Å². The van der Waals surface area contributed by atoms with Gasteiger partial charge < -0.3 is 13.6 Å². The summed E-state index contributed by atoms with van der Waals surface area (Å²) in [5.41, 5.74) is -4.72. The molecule has 0 saturated heterocycles. The molecule has 5 rings (SSSR count). The van der Waals surface area contributed by atoms with E-state index >= 15 is 0 Å². The minimum absolute atomic E-state index is 0.205. The summed E-state index contributed by atoms with van der Waals surface area (Å²) >= 11 is 0. The number of hydrogen-bond donors (Lipinski definition) is 0. The Bertz CT molecular complexity index is 1710. The molecule has 40 heavy (non-hydrogen) atoms. The standard InChI is InChI=1S/C22H6F8N6O4/c1-2-38-22(37)4(3-31)17-34-18(20-32-13-9(27)5(23)7(25)11(29)15(13)39-20)36-19(35-17)21-33-14-10(28)6(24)8(26)12(30)16(14)40-21/h4H,2H2,1H3. The van der Waals surface area contributed by atoms with E-state index in [9.17, 15) is 45.2 Å². The van der Waals surface area contributed by atoms with Gasteiger partial charge in [-0.15, -0.1) is 0 Å². The Morgan fingerprint density at radius 1 is 0.725 bits per heavy atom. The Balaban J connectivity index is 1.78. The van der Waals surface area contributed by atoms with Crippen molar-refractivity contribution in [1.82, 2.24) is 24.9 Å². The van der Waals surface area contributed by atoms with Gasteiger partial charge in [-0.05, 0) is 6.92 Å². The number of esters is 1. The number of nitriles is 1. The summed E-state index contributed by atoms with van der Waals surface area (Å²) in [6.45, 7) is 1.19. The van der Waals surface area contributed by atoms with Crippen molar-refractivity contribution in [3.63, 3.8) is 0 Å². The van der Waals surface area contributed by atoms with Crippen LogP contribution in [-0.4, -0.2) is 37.5 Å². The summed E-state index contributed by atoms with van der Waals surface area (Å²) in [6.07, 6.45) is 0. The molecule has 5 aromatic rings. The largest absolute Gasteiger partial charge is 0.465 e. The van der Waals surface area contributed by atoms with Crippen molar-refractivity contribution in [3.8, 4) is 29.5 Å². The lowest BCUT2D eigenvalue weighted by atomic mass is 10.1. The van der Waals surface area contributed by atoms with E-state index in [0.717, 1.165) is 0 Å². The monoisotopic (exact) mass is 570 g/mol. The molecule has 3 heterocycles. The third-order valence-corrected chi connectivity index (χ3v) is 5.17. The van der Waals surface area contributed by atoms with E-state index in [2.05, 4.69) is 24.9 Å². The highest BCUT2D eigenvalue weighted by molar-refractivity contribution is 5.81. The van der Waals surface area contributed by atoms with Gasteiger partial charge in [-0.3, -0.25) is 4.79 Å². The molecule has 0 aliphatic rings. The van der Waals surface area contributed by atoms with Crippen LogP contribution in [0.1, 0.15) is 18.7 Å². The van der Waals surface area contributed by atoms with Gasteiger partial charge in [-0.25, -0.2) is 46.3 Å². The van der Waals surface area contributed by atoms with Crippen LogP contribution in [0.4, 0.5) is 35.1 Å². The lowest BCUT2D eigenvalue weighted by Crippen LogP contribution is -2.18. The number of nitrogens with zero attached hydrogens (tertiary/aromatic N) is 6. The number of rotatable bonds is 5. The van der Waals surface area contributed by atoms with Crippen LogP contribution in [0, 0.1) is 57.9 Å². The zero-order valence-corrected chi connectivity index (χ0v) is 19.1. The van der Waals surface area contributed by atoms with Crippen molar-refractivity contribution in [3.05, 3.63) is 52.4 Å². The number of hydrogen-bond acceptors (Lipinski definition) is 10. The van der Waals surface area contributed by atoms with Gasteiger partial charge in [0.1, 0.15) is 0 Å². The molecule has 1 unspecified atom stereocenters. The van der Waals surface area contributed by atoms with Gasteiger partial charge in [0.15, 0.2) is 51.3 Å². The molecule has 0 bridgehead atoms. The lowest BCUT2D eigenvalue weighted by molar-refractivity contribution is -0.143. The predicted molar refractivity (Wildman–Crippen MR) is 110 cm³/mol. The van der Waals surface area contributed by atoms with Gasteiger partial charge in [-0.2, -0.15) is 19.0 Å². The van der Waals surface area contributed by atoms with Crippen LogP contribution >= 0.6 is 0 Å². The second-order valence-corrected chi connectivity index (χ2v) is 7.56. The van der Waals surface area contributed by atoms with Crippen molar-refractivity contribution in [2.24, 2.45) is 0 Å². The molecule has 3 aromatic heterocycles. The first-order valence-corrected chi connectivity index (χ1v) is 10.6. The molecule has 0 radical (unpaired) electrons. The first kappa shape index (κ1) is 26.4. The zero-order valence-electron chi connectivity index (χ0n) is 19.1. The molecule has 1 atom stereocenters. The van der Waals surface area contributed by atoms with Crippen molar-refractivity contribution in [2.45, 2.75) is 12.8 Å². The Labute approximate surface area is 213 Å². The molecule has 18 heteroatoms. The molecule has 0 N–H and O–H groups in total. The molecule has 0 amide bonds. The predicted octanol–water partition coefficient (Wildman–Crippen LogP) is 4.77. The third kappa shape index (κ3) is 3.93. The maximum Gasteiger partial charge on any atom is 0.331 e. The van der Waals surface area contributed by atoms with Crippen LogP contribution in [0.25, 0.3) is 45.6 Å². The fourth-order valence-corrected chi connectivity index (χ4v) is 3.37. The van der Waals surface area contributed by atoms with Crippen molar-refractivity contribution in [1.29, 1.82) is 5.26 Å². The average molecular weight is 570 g/mol. The van der Waals surface area contributed by atoms with Crippen LogP contribution < -0.4 is 0 Å². The highest BCUT2D eigenvalue weighted by Crippen LogP contribution is 2.33. The summed E-state index contributed by atoms with van der Waals surface area (Å²) in [6, 6.07) is 1.51. The second kappa shape index (κ2) is 9.52. The second-order valence-electron chi connectivity index (χ2n) is 7.56. The highest BCUT2D eigenvalue weighted by Gasteiger charge is 2.32. The summed E-state index contributed by atoms with van der Waals surface area (Å²) in [5.74, 6) is -24.3. The Morgan fingerprint density at radius 3 is 1.55 bits per heavy atom. The molecular weight excluding hydrogens is 564 g/mol. The Hall–Kier alpha value is -5.21. The molecule has 0 spiro atoms. The minimum atomic E-state index is -2.23. The van der Waals surface area contributed by atoms with Crippen LogP contribution in [-0.2, 0) is 9.53 Å². The van der Waals surface area contributed by atoms with E-state index in [1.165, 1.54) is 13.0 Å². The van der Waals surface area contributed by atoms with E-state index in [-0.39, 0.29) is 6.61 Å². The number of ether oxygens (including phenoxy) is 1. The first-order chi connectivity index (χ1) is 19.0. The molecule has 204 valence electrons. The Morgan fingerprint density at radius 2 is 1.15 bits per heavy atom. The van der Waals surface area contributed by atoms with Crippen molar-refractivity contribution < 1.29 is 53.5 Å². The van der Waals surface area contributed by atoms with Crippen molar-refractivity contribution >= 4 is 28.2 Å². The minimum Gasteiger partial charge on any atom is -0.465 e.